The van der Waals surface area contributed by atoms with Gasteiger partial charge in [-0.3, -0.25) is 0 Å². The minimum absolute atomic E-state index is 0.640. The van der Waals surface area contributed by atoms with Crippen molar-refractivity contribution in [3.63, 3.8) is 0 Å². The van der Waals surface area contributed by atoms with Gasteiger partial charge < -0.3 is 19.5 Å². The fraction of sp³-hybridized carbons (Fsp3) is 0.333. The maximum Gasteiger partial charge on any atom is 0.122 e. The molecule has 0 heterocycles. The Kier molecular flexibility index (Phi) is 6.25. The van der Waals surface area contributed by atoms with Gasteiger partial charge in [0.25, 0.3) is 0 Å². The molecule has 0 bridgehead atoms. The first-order chi connectivity index (χ1) is 10.7. The van der Waals surface area contributed by atoms with Gasteiger partial charge in [0.15, 0.2) is 0 Å². The molecule has 2 aromatic rings. The van der Waals surface area contributed by atoms with Gasteiger partial charge in [0.05, 0.1) is 20.8 Å². The Morgan fingerprint density at radius 1 is 0.773 bits per heavy atom. The third kappa shape index (κ3) is 4.76. The van der Waals surface area contributed by atoms with Crippen LogP contribution in [-0.2, 0) is 24.4 Å². The maximum absolute atomic E-state index is 5.28. The Morgan fingerprint density at radius 3 is 2.05 bits per heavy atom. The second-order valence-electron chi connectivity index (χ2n) is 5.08. The molecule has 2 rings (SSSR count). The van der Waals surface area contributed by atoms with Crippen LogP contribution < -0.4 is 14.8 Å². The Bertz CT molecular complexity index is 576. The molecule has 2 aromatic carbocycles. The molecule has 1 N–H and O–H groups in total. The highest BCUT2D eigenvalue weighted by Gasteiger charge is 2.02. The quantitative estimate of drug-likeness (QED) is 0.813. The van der Waals surface area contributed by atoms with E-state index in [9.17, 15) is 0 Å². The monoisotopic (exact) mass is 301 g/mol. The summed E-state index contributed by atoms with van der Waals surface area (Å²) in [6, 6.07) is 14.3. The number of methoxy groups -OCH3 is 3. The highest BCUT2D eigenvalue weighted by molar-refractivity contribution is 5.38. The van der Waals surface area contributed by atoms with E-state index in [4.69, 9.17) is 14.2 Å². The molecule has 0 aliphatic rings. The zero-order chi connectivity index (χ0) is 15.8. The van der Waals surface area contributed by atoms with Crippen LogP contribution in [0.2, 0.25) is 0 Å². The van der Waals surface area contributed by atoms with Crippen LogP contribution >= 0.6 is 0 Å². The third-order valence-corrected chi connectivity index (χ3v) is 3.37. The lowest BCUT2D eigenvalue weighted by molar-refractivity contribution is 0.185. The van der Waals surface area contributed by atoms with E-state index in [0.29, 0.717) is 6.61 Å². The minimum atomic E-state index is 0.640. The second kappa shape index (κ2) is 8.41. The predicted octanol–water partition coefficient (Wildman–Crippen LogP) is 3.14. The van der Waals surface area contributed by atoms with E-state index < -0.39 is 0 Å². The average molecular weight is 301 g/mol. The molecule has 0 unspecified atom stereocenters. The van der Waals surface area contributed by atoms with Crippen LogP contribution in [0.25, 0.3) is 0 Å². The summed E-state index contributed by atoms with van der Waals surface area (Å²) in [5, 5.41) is 3.44. The average Bonchev–Trinajstić information content (AvgIpc) is 2.55. The van der Waals surface area contributed by atoms with E-state index in [-0.39, 0.29) is 0 Å². The first-order valence-electron chi connectivity index (χ1n) is 7.24. The molecule has 4 heteroatoms. The summed E-state index contributed by atoms with van der Waals surface area (Å²) in [7, 11) is 5.03. The van der Waals surface area contributed by atoms with Gasteiger partial charge in [-0.2, -0.15) is 0 Å². The highest BCUT2D eigenvalue weighted by atomic mass is 16.5. The van der Waals surface area contributed by atoms with Crippen molar-refractivity contribution in [2.75, 3.05) is 21.3 Å². The van der Waals surface area contributed by atoms with Crippen molar-refractivity contribution >= 4 is 0 Å². The van der Waals surface area contributed by atoms with Gasteiger partial charge in [0, 0.05) is 26.3 Å². The Labute approximate surface area is 132 Å². The summed E-state index contributed by atoms with van der Waals surface area (Å²) in [6.45, 7) is 2.19. The minimum Gasteiger partial charge on any atom is -0.497 e. The van der Waals surface area contributed by atoms with E-state index in [1.807, 2.05) is 18.2 Å². The van der Waals surface area contributed by atoms with Crippen LogP contribution in [0, 0.1) is 0 Å². The van der Waals surface area contributed by atoms with E-state index in [1.54, 1.807) is 21.3 Å². The number of nitrogens with one attached hydrogen (secondary N) is 1. The van der Waals surface area contributed by atoms with Crippen molar-refractivity contribution in [3.05, 3.63) is 59.2 Å². The molecule has 4 nitrogen and oxygen atoms in total. The molecule has 0 spiro atoms. The number of ether oxygens (including phenoxy) is 3. The van der Waals surface area contributed by atoms with Crippen molar-refractivity contribution < 1.29 is 14.2 Å². The Balaban J connectivity index is 1.94. The number of hydrogen-bond donors (Lipinski definition) is 1. The molecule has 0 amide bonds. The normalized spacial score (nSPS) is 10.5. The summed E-state index contributed by atoms with van der Waals surface area (Å²) >= 11 is 0. The molecule has 0 fully saturated rings. The third-order valence-electron chi connectivity index (χ3n) is 3.37. The van der Waals surface area contributed by atoms with E-state index in [1.165, 1.54) is 11.1 Å². The van der Waals surface area contributed by atoms with Crippen molar-refractivity contribution in [2.24, 2.45) is 0 Å². The molecule has 22 heavy (non-hydrogen) atoms. The standard InChI is InChI=1S/C18H23NO3/c1-20-13-15-6-4-5-14(7-15)11-19-12-16-8-17(21-2)10-18(9-16)22-3/h4-10,19H,11-13H2,1-3H3. The van der Waals surface area contributed by atoms with Gasteiger partial charge >= 0.3 is 0 Å². The summed E-state index contributed by atoms with van der Waals surface area (Å²) in [4.78, 5) is 0. The van der Waals surface area contributed by atoms with E-state index >= 15 is 0 Å². The van der Waals surface area contributed by atoms with Gasteiger partial charge in [-0.15, -0.1) is 0 Å². The lowest BCUT2D eigenvalue weighted by Gasteiger charge is -2.10. The summed E-state index contributed by atoms with van der Waals surface area (Å²) in [5.41, 5.74) is 3.55. The number of benzene rings is 2. The lowest BCUT2D eigenvalue weighted by atomic mass is 10.1. The van der Waals surface area contributed by atoms with E-state index in [2.05, 4.69) is 29.6 Å². The van der Waals surface area contributed by atoms with Crippen LogP contribution in [0.15, 0.2) is 42.5 Å². The summed E-state index contributed by atoms with van der Waals surface area (Å²) in [6.07, 6.45) is 0. The van der Waals surface area contributed by atoms with Crippen molar-refractivity contribution in [1.29, 1.82) is 0 Å². The number of rotatable bonds is 8. The predicted molar refractivity (Wildman–Crippen MR) is 87.2 cm³/mol. The zero-order valence-corrected chi connectivity index (χ0v) is 13.4. The van der Waals surface area contributed by atoms with E-state index in [0.717, 1.165) is 30.2 Å². The fourth-order valence-corrected chi connectivity index (χ4v) is 2.32. The first kappa shape index (κ1) is 16.3. The Hall–Kier alpha value is -2.04. The molecule has 0 aliphatic carbocycles. The van der Waals surface area contributed by atoms with Crippen LogP contribution in [0.1, 0.15) is 16.7 Å². The number of hydrogen-bond acceptors (Lipinski definition) is 4. The Morgan fingerprint density at radius 2 is 1.41 bits per heavy atom. The van der Waals surface area contributed by atoms with Gasteiger partial charge in [0.1, 0.15) is 11.5 Å². The fourth-order valence-electron chi connectivity index (χ4n) is 2.32. The molecule has 0 aromatic heterocycles. The molecule has 0 aliphatic heterocycles. The van der Waals surface area contributed by atoms with Crippen molar-refractivity contribution in [3.8, 4) is 11.5 Å². The van der Waals surface area contributed by atoms with Gasteiger partial charge in [0.2, 0.25) is 0 Å². The first-order valence-corrected chi connectivity index (χ1v) is 7.24. The van der Waals surface area contributed by atoms with Crippen LogP contribution in [0.3, 0.4) is 0 Å². The molecule has 0 atom stereocenters. The smallest absolute Gasteiger partial charge is 0.122 e. The van der Waals surface area contributed by atoms with Crippen LogP contribution in [0.5, 0.6) is 11.5 Å². The van der Waals surface area contributed by atoms with Crippen molar-refractivity contribution in [2.45, 2.75) is 19.7 Å². The molecular formula is C18H23NO3. The van der Waals surface area contributed by atoms with Crippen LogP contribution in [-0.4, -0.2) is 21.3 Å². The highest BCUT2D eigenvalue weighted by Crippen LogP contribution is 2.22. The zero-order valence-electron chi connectivity index (χ0n) is 13.4. The van der Waals surface area contributed by atoms with Crippen LogP contribution in [0.4, 0.5) is 0 Å². The molecule has 0 radical (unpaired) electrons. The lowest BCUT2D eigenvalue weighted by Crippen LogP contribution is -2.13. The van der Waals surface area contributed by atoms with Gasteiger partial charge in [-0.1, -0.05) is 24.3 Å². The SMILES string of the molecule is COCc1cccc(CNCc2cc(OC)cc(OC)c2)c1. The molecular weight excluding hydrogens is 278 g/mol. The largest absolute Gasteiger partial charge is 0.497 e. The molecule has 0 saturated carbocycles. The summed E-state index contributed by atoms with van der Waals surface area (Å²) < 4.78 is 15.7. The second-order valence-corrected chi connectivity index (χ2v) is 5.08. The summed E-state index contributed by atoms with van der Waals surface area (Å²) in [5.74, 6) is 1.61. The van der Waals surface area contributed by atoms with Gasteiger partial charge in [-0.25, -0.2) is 0 Å². The van der Waals surface area contributed by atoms with Gasteiger partial charge in [-0.05, 0) is 28.8 Å². The molecule has 118 valence electrons. The topological polar surface area (TPSA) is 39.7 Å². The molecule has 0 saturated heterocycles. The maximum atomic E-state index is 5.28. The van der Waals surface area contributed by atoms with Crippen molar-refractivity contribution in [1.82, 2.24) is 5.32 Å².